The minimum absolute atomic E-state index is 0.286. The van der Waals surface area contributed by atoms with Crippen LogP contribution in [-0.4, -0.2) is 47.3 Å². The van der Waals surface area contributed by atoms with E-state index in [2.05, 4.69) is 19.4 Å². The number of carbonyl (C=O) groups excluding carboxylic acids is 2. The van der Waals surface area contributed by atoms with Crippen LogP contribution in [0.15, 0.2) is 36.4 Å². The van der Waals surface area contributed by atoms with E-state index >= 15 is 0 Å². The lowest BCUT2D eigenvalue weighted by Gasteiger charge is -2.08. The monoisotopic (exact) mass is 484 g/mol. The molecule has 0 radical (unpaired) electrons. The maximum Gasteiger partial charge on any atom is 0.403 e. The van der Waals surface area contributed by atoms with Crippen molar-refractivity contribution in [2.75, 3.05) is 26.4 Å². The number of rotatable bonds is 15. The van der Waals surface area contributed by atoms with Crippen LogP contribution in [0.4, 0.5) is 9.59 Å². The molecule has 174 valence electrons. The molecule has 0 atom stereocenters. The molecule has 32 heavy (non-hydrogen) atoms. The second-order valence-corrected chi connectivity index (χ2v) is 7.34. The van der Waals surface area contributed by atoms with Gasteiger partial charge in [0.05, 0.1) is 49.2 Å². The molecular formula is C22H26Cl2N2O6. The van der Waals surface area contributed by atoms with Gasteiger partial charge in [-0.1, -0.05) is 12.1 Å². The normalized spacial score (nSPS) is 10.7. The molecular weight excluding hydrogens is 459 g/mol. The topological polar surface area (TPSA) is 96.8 Å². The Morgan fingerprint density at radius 1 is 0.656 bits per heavy atom. The van der Waals surface area contributed by atoms with E-state index in [1.165, 1.54) is 0 Å². The molecule has 0 aliphatic rings. The highest BCUT2D eigenvalue weighted by atomic mass is 35.5. The van der Waals surface area contributed by atoms with Gasteiger partial charge in [0.1, 0.15) is 0 Å². The summed E-state index contributed by atoms with van der Waals surface area (Å²) in [5, 5.41) is 0. The quantitative estimate of drug-likeness (QED) is 0.241. The highest BCUT2D eigenvalue weighted by molar-refractivity contribution is 6.61. The summed E-state index contributed by atoms with van der Waals surface area (Å²) >= 11 is 10.2. The fourth-order valence-electron chi connectivity index (χ4n) is 2.68. The average molecular weight is 485 g/mol. The third kappa shape index (κ3) is 11.4. The van der Waals surface area contributed by atoms with Crippen molar-refractivity contribution in [3.63, 3.8) is 0 Å². The van der Waals surface area contributed by atoms with Gasteiger partial charge in [-0.2, -0.15) is 0 Å². The van der Waals surface area contributed by atoms with E-state index in [-0.39, 0.29) is 13.2 Å². The molecule has 0 saturated carbocycles. The van der Waals surface area contributed by atoms with Gasteiger partial charge in [-0.15, -0.1) is 0 Å². The van der Waals surface area contributed by atoms with Crippen molar-refractivity contribution >= 4 is 34.1 Å². The zero-order valence-corrected chi connectivity index (χ0v) is 19.1. The zero-order chi connectivity index (χ0) is 23.0. The molecule has 2 rings (SSSR count). The van der Waals surface area contributed by atoms with E-state index in [0.717, 1.165) is 35.6 Å². The second-order valence-electron chi connectivity index (χ2n) is 6.72. The largest absolute Gasteiger partial charge is 0.454 e. The van der Waals surface area contributed by atoms with Crippen molar-refractivity contribution < 1.29 is 28.5 Å². The summed E-state index contributed by atoms with van der Waals surface area (Å²) in [7, 11) is 0. The highest BCUT2D eigenvalue weighted by Gasteiger charge is 2.05. The van der Waals surface area contributed by atoms with E-state index in [1.54, 1.807) is 0 Å². The minimum Gasteiger partial charge on any atom is -0.454 e. The lowest BCUT2D eigenvalue weighted by Crippen LogP contribution is -2.03. The van der Waals surface area contributed by atoms with Crippen molar-refractivity contribution in [1.82, 2.24) is 9.97 Å². The number of halogens is 2. The molecule has 8 nitrogen and oxygen atoms in total. The van der Waals surface area contributed by atoms with Crippen LogP contribution in [0.25, 0.3) is 11.4 Å². The Balaban J connectivity index is 1.73. The number of unbranched alkanes of at least 4 members (excludes halogenated alkanes) is 2. The van der Waals surface area contributed by atoms with Crippen LogP contribution in [0.1, 0.15) is 37.1 Å². The predicted molar refractivity (Wildman–Crippen MR) is 120 cm³/mol. The maximum atomic E-state index is 10.5. The Hall–Kier alpha value is -2.26. The first-order chi connectivity index (χ1) is 15.5. The second kappa shape index (κ2) is 15.5. The Labute approximate surface area is 197 Å². The van der Waals surface area contributed by atoms with Gasteiger partial charge in [-0.3, -0.25) is 0 Å². The van der Waals surface area contributed by atoms with E-state index < -0.39 is 10.9 Å². The van der Waals surface area contributed by atoms with Gasteiger partial charge >= 0.3 is 10.9 Å². The van der Waals surface area contributed by atoms with Crippen LogP contribution < -0.4 is 0 Å². The summed E-state index contributed by atoms with van der Waals surface area (Å²) in [4.78, 5) is 30.2. The molecule has 0 amide bonds. The van der Waals surface area contributed by atoms with E-state index in [1.807, 2.05) is 36.4 Å². The van der Waals surface area contributed by atoms with Gasteiger partial charge in [0, 0.05) is 36.4 Å². The fourth-order valence-corrected chi connectivity index (χ4v) is 2.83. The Bertz CT molecular complexity index is 783. The smallest absolute Gasteiger partial charge is 0.403 e. The van der Waals surface area contributed by atoms with Crippen molar-refractivity contribution in [2.45, 2.75) is 38.9 Å². The van der Waals surface area contributed by atoms with Gasteiger partial charge in [-0.25, -0.2) is 19.6 Å². The van der Waals surface area contributed by atoms with Crippen LogP contribution in [0, 0.1) is 0 Å². The number of aromatic nitrogens is 2. The van der Waals surface area contributed by atoms with Gasteiger partial charge in [0.15, 0.2) is 0 Å². The Kier molecular flexibility index (Phi) is 12.6. The molecule has 2 aromatic heterocycles. The Morgan fingerprint density at radius 2 is 1.06 bits per heavy atom. The molecule has 0 aliphatic heterocycles. The summed E-state index contributed by atoms with van der Waals surface area (Å²) in [5.41, 5.74) is 1.53. The third-order valence-corrected chi connectivity index (χ3v) is 4.39. The first-order valence-corrected chi connectivity index (χ1v) is 11.0. The molecule has 0 spiro atoms. The van der Waals surface area contributed by atoms with E-state index in [4.69, 9.17) is 32.7 Å². The van der Waals surface area contributed by atoms with E-state index in [9.17, 15) is 9.59 Å². The molecule has 10 heteroatoms. The average Bonchev–Trinajstić information content (AvgIpc) is 2.78. The number of hydrogen-bond donors (Lipinski definition) is 0. The number of nitrogens with zero attached hydrogens (tertiary/aromatic N) is 2. The van der Waals surface area contributed by atoms with Gasteiger partial charge in [0.25, 0.3) is 0 Å². The molecule has 0 bridgehead atoms. The number of ether oxygens (including phenoxy) is 4. The van der Waals surface area contributed by atoms with Crippen LogP contribution in [0.2, 0.25) is 0 Å². The summed E-state index contributed by atoms with van der Waals surface area (Å²) < 4.78 is 20.6. The molecule has 0 N–H and O–H groups in total. The molecule has 0 aliphatic carbocycles. The van der Waals surface area contributed by atoms with Crippen molar-refractivity contribution in [2.24, 2.45) is 0 Å². The number of carbonyl (C=O) groups is 2. The third-order valence-electron chi connectivity index (χ3n) is 4.17. The maximum absolute atomic E-state index is 10.5. The highest BCUT2D eigenvalue weighted by Crippen LogP contribution is 2.16. The van der Waals surface area contributed by atoms with Crippen molar-refractivity contribution in [3.05, 3.63) is 47.8 Å². The Morgan fingerprint density at radius 3 is 1.47 bits per heavy atom. The first kappa shape index (κ1) is 26.0. The molecule has 2 aromatic rings. The summed E-state index contributed by atoms with van der Waals surface area (Å²) in [5.74, 6) is 0. The van der Waals surface area contributed by atoms with Crippen LogP contribution in [0.5, 0.6) is 0 Å². The molecule has 0 unspecified atom stereocenters. The molecule has 0 saturated heterocycles. The van der Waals surface area contributed by atoms with Gasteiger partial charge in [-0.05, 0) is 49.9 Å². The summed E-state index contributed by atoms with van der Waals surface area (Å²) in [6.07, 6.45) is 2.88. The van der Waals surface area contributed by atoms with Crippen molar-refractivity contribution in [3.8, 4) is 11.4 Å². The van der Waals surface area contributed by atoms with Crippen LogP contribution in [-0.2, 0) is 32.2 Å². The SMILES string of the molecule is O=C(Cl)OCCCCOCc1cccc(-c2cccc(COCCCCOC(=O)Cl)n2)n1. The van der Waals surface area contributed by atoms with Gasteiger partial charge < -0.3 is 18.9 Å². The zero-order valence-electron chi connectivity index (χ0n) is 17.6. The molecule has 2 heterocycles. The van der Waals surface area contributed by atoms with Crippen LogP contribution in [0.3, 0.4) is 0 Å². The van der Waals surface area contributed by atoms with Crippen molar-refractivity contribution in [1.29, 1.82) is 0 Å². The summed E-state index contributed by atoms with van der Waals surface area (Å²) in [6, 6.07) is 11.4. The standard InChI is InChI=1S/C22H26Cl2N2O6/c23-21(27)31-13-3-1-11-29-15-17-7-5-9-19(25-17)20-10-6-8-18(26-20)16-30-12-2-4-14-32-22(24)28/h5-10H,1-4,11-16H2. The lowest BCUT2D eigenvalue weighted by atomic mass is 10.2. The summed E-state index contributed by atoms with van der Waals surface area (Å²) in [6.45, 7) is 2.40. The fraction of sp³-hybridized carbons (Fsp3) is 0.455. The lowest BCUT2D eigenvalue weighted by molar-refractivity contribution is 0.107. The van der Waals surface area contributed by atoms with E-state index in [0.29, 0.717) is 39.3 Å². The number of pyridine rings is 2. The van der Waals surface area contributed by atoms with Gasteiger partial charge in [0.2, 0.25) is 0 Å². The predicted octanol–water partition coefficient (Wildman–Crippen LogP) is 5.49. The minimum atomic E-state index is -0.789. The first-order valence-electron chi connectivity index (χ1n) is 10.3. The molecule has 0 fully saturated rings. The number of hydrogen-bond acceptors (Lipinski definition) is 8. The van der Waals surface area contributed by atoms with Crippen LogP contribution >= 0.6 is 23.2 Å². The molecule has 0 aromatic carbocycles.